The molecule has 0 aromatic carbocycles. The Morgan fingerprint density at radius 2 is 2.17 bits per heavy atom. The van der Waals surface area contributed by atoms with E-state index in [0.717, 1.165) is 23.7 Å². The number of nitrogens with one attached hydrogen (secondary N) is 1. The summed E-state index contributed by atoms with van der Waals surface area (Å²) in [6.45, 7) is 5.23. The Labute approximate surface area is 114 Å². The lowest BCUT2D eigenvalue weighted by Crippen LogP contribution is -2.40. The van der Waals surface area contributed by atoms with Crippen LogP contribution >= 0.6 is 11.8 Å². The summed E-state index contributed by atoms with van der Waals surface area (Å²) in [6.07, 6.45) is 6.15. The highest BCUT2D eigenvalue weighted by Crippen LogP contribution is 2.43. The minimum atomic E-state index is 0.366. The fourth-order valence-corrected chi connectivity index (χ4v) is 3.38. The maximum Gasteiger partial charge on any atom is 0.147 e. The van der Waals surface area contributed by atoms with Gasteiger partial charge in [0.15, 0.2) is 0 Å². The molecule has 0 unspecified atom stereocenters. The summed E-state index contributed by atoms with van der Waals surface area (Å²) in [6, 6.07) is 0. The van der Waals surface area contributed by atoms with Gasteiger partial charge in [0, 0.05) is 18.3 Å². The van der Waals surface area contributed by atoms with Crippen LogP contribution in [0.4, 0.5) is 11.5 Å². The number of rotatable bonds is 5. The number of nitrogens with zero attached hydrogens (tertiary/aromatic N) is 2. The predicted molar refractivity (Wildman–Crippen MR) is 80.3 cm³/mol. The van der Waals surface area contributed by atoms with Crippen molar-refractivity contribution in [3.05, 3.63) is 5.69 Å². The maximum atomic E-state index is 6.18. The van der Waals surface area contributed by atoms with Crippen LogP contribution in [-0.2, 0) is 7.05 Å². The Kier molecular flexibility index (Phi) is 3.80. The number of thioether (sulfide) groups is 1. The maximum absolute atomic E-state index is 6.18. The van der Waals surface area contributed by atoms with Crippen LogP contribution in [0.2, 0.25) is 0 Å². The van der Waals surface area contributed by atoms with Crippen molar-refractivity contribution < 1.29 is 0 Å². The van der Waals surface area contributed by atoms with E-state index in [2.05, 4.69) is 30.5 Å². The summed E-state index contributed by atoms with van der Waals surface area (Å²) < 4.78 is 2.28. The molecule has 102 valence electrons. The van der Waals surface area contributed by atoms with Gasteiger partial charge < -0.3 is 11.1 Å². The summed E-state index contributed by atoms with van der Waals surface area (Å²) in [5.41, 5.74) is 7.98. The number of hydrogen-bond donors (Lipinski definition) is 2. The highest BCUT2D eigenvalue weighted by molar-refractivity contribution is 8.00. The molecule has 3 N–H and O–H groups in total. The first-order chi connectivity index (χ1) is 8.49. The summed E-state index contributed by atoms with van der Waals surface area (Å²) in [4.78, 5) is 0. The van der Waals surface area contributed by atoms with Crippen molar-refractivity contribution >= 4 is 23.3 Å². The summed E-state index contributed by atoms with van der Waals surface area (Å²) >= 11 is 1.97. The molecule has 0 amide bonds. The first-order valence-corrected chi connectivity index (χ1v) is 7.83. The van der Waals surface area contributed by atoms with Gasteiger partial charge in [-0.25, -0.2) is 0 Å². The van der Waals surface area contributed by atoms with Gasteiger partial charge in [-0.15, -0.1) is 0 Å². The van der Waals surface area contributed by atoms with Crippen molar-refractivity contribution in [3.8, 4) is 0 Å². The monoisotopic (exact) mass is 268 g/mol. The summed E-state index contributed by atoms with van der Waals surface area (Å²) in [5, 5.41) is 8.01. The van der Waals surface area contributed by atoms with Crippen molar-refractivity contribution in [1.29, 1.82) is 0 Å². The fraction of sp³-hybridized carbons (Fsp3) is 0.769. The number of aryl methyl sites for hydroxylation is 1. The van der Waals surface area contributed by atoms with Crippen LogP contribution in [0.3, 0.4) is 0 Å². The molecule has 1 saturated carbocycles. The molecule has 5 heteroatoms. The average Bonchev–Trinajstić information content (AvgIpc) is 2.55. The summed E-state index contributed by atoms with van der Waals surface area (Å²) in [5.74, 6) is 1.34. The zero-order valence-corrected chi connectivity index (χ0v) is 12.6. The van der Waals surface area contributed by atoms with Gasteiger partial charge >= 0.3 is 0 Å². The van der Waals surface area contributed by atoms with Gasteiger partial charge in [-0.05, 0) is 25.0 Å². The van der Waals surface area contributed by atoms with Gasteiger partial charge in [-0.1, -0.05) is 20.3 Å². The molecule has 1 aromatic rings. The summed E-state index contributed by atoms with van der Waals surface area (Å²) in [7, 11) is 1.96. The van der Waals surface area contributed by atoms with E-state index < -0.39 is 0 Å². The second kappa shape index (κ2) is 5.03. The van der Waals surface area contributed by atoms with Crippen LogP contribution < -0.4 is 11.1 Å². The van der Waals surface area contributed by atoms with Crippen molar-refractivity contribution in [2.24, 2.45) is 7.05 Å². The Bertz CT molecular complexity index is 415. The molecule has 0 spiro atoms. The number of aromatic nitrogens is 2. The Morgan fingerprint density at radius 3 is 2.56 bits per heavy atom. The quantitative estimate of drug-likeness (QED) is 0.862. The second-order valence-corrected chi connectivity index (χ2v) is 6.79. The zero-order chi connectivity index (χ0) is 13.3. The number of anilines is 2. The van der Waals surface area contributed by atoms with Gasteiger partial charge in [0.25, 0.3) is 0 Å². The molecule has 1 aromatic heterocycles. The number of nitrogens with two attached hydrogens (primary N) is 1. The lowest BCUT2D eigenvalue weighted by atomic mass is 9.84. The molecule has 0 saturated heterocycles. The van der Waals surface area contributed by atoms with Crippen molar-refractivity contribution in [3.63, 3.8) is 0 Å². The highest BCUT2D eigenvalue weighted by Gasteiger charge is 2.36. The van der Waals surface area contributed by atoms with Gasteiger partial charge in [0.2, 0.25) is 0 Å². The number of nitrogen functional groups attached to an aromatic ring is 1. The standard InChI is InChI=1S/C13H24N4S/c1-9(2)11-10(14)12(17(3)16-11)15-8-13(18-4)6-5-7-13/h9,15H,5-8,14H2,1-4H3. The molecule has 0 atom stereocenters. The predicted octanol–water partition coefficient (Wildman–Crippen LogP) is 2.82. The molecule has 0 aliphatic heterocycles. The fourth-order valence-electron chi connectivity index (χ4n) is 2.47. The van der Waals surface area contributed by atoms with Crippen LogP contribution in [0.15, 0.2) is 0 Å². The molecular weight excluding hydrogens is 244 g/mol. The third-order valence-corrected chi connectivity index (χ3v) is 5.35. The van der Waals surface area contributed by atoms with Crippen LogP contribution in [0.1, 0.15) is 44.7 Å². The van der Waals surface area contributed by atoms with Crippen LogP contribution in [0.5, 0.6) is 0 Å². The van der Waals surface area contributed by atoms with Crippen LogP contribution in [-0.4, -0.2) is 27.3 Å². The lowest BCUT2D eigenvalue weighted by Gasteiger charge is -2.40. The molecular formula is C13H24N4S. The average molecular weight is 268 g/mol. The van der Waals surface area contributed by atoms with Gasteiger partial charge in [-0.2, -0.15) is 16.9 Å². The Balaban J connectivity index is 2.09. The van der Waals surface area contributed by atoms with Crippen molar-refractivity contribution in [2.45, 2.75) is 43.8 Å². The van der Waals surface area contributed by atoms with Crippen molar-refractivity contribution in [2.75, 3.05) is 23.9 Å². The van der Waals surface area contributed by atoms with E-state index in [-0.39, 0.29) is 0 Å². The highest BCUT2D eigenvalue weighted by atomic mass is 32.2. The van der Waals surface area contributed by atoms with E-state index in [0.29, 0.717) is 10.7 Å². The topological polar surface area (TPSA) is 55.9 Å². The SMILES string of the molecule is CSC1(CNc2c(N)c(C(C)C)nn2C)CCC1. The van der Waals surface area contributed by atoms with Gasteiger partial charge in [0.1, 0.15) is 5.82 Å². The lowest BCUT2D eigenvalue weighted by molar-refractivity contribution is 0.379. The first-order valence-electron chi connectivity index (χ1n) is 6.60. The third-order valence-electron chi connectivity index (χ3n) is 3.94. The Hall–Kier alpha value is -0.840. The van der Waals surface area contributed by atoms with E-state index in [9.17, 15) is 0 Å². The molecule has 4 nitrogen and oxygen atoms in total. The first kappa shape index (κ1) is 13.6. The third kappa shape index (κ3) is 2.32. The molecule has 1 aliphatic carbocycles. The van der Waals surface area contributed by atoms with Gasteiger partial charge in [0.05, 0.1) is 11.4 Å². The number of hydrogen-bond acceptors (Lipinski definition) is 4. The molecule has 0 radical (unpaired) electrons. The Morgan fingerprint density at radius 1 is 1.50 bits per heavy atom. The van der Waals surface area contributed by atoms with Crippen LogP contribution in [0.25, 0.3) is 0 Å². The minimum Gasteiger partial charge on any atom is -0.394 e. The molecule has 1 heterocycles. The minimum absolute atomic E-state index is 0.366. The molecule has 1 fully saturated rings. The molecule has 0 bridgehead atoms. The van der Waals surface area contributed by atoms with Gasteiger partial charge in [-0.3, -0.25) is 4.68 Å². The van der Waals surface area contributed by atoms with E-state index >= 15 is 0 Å². The zero-order valence-electron chi connectivity index (χ0n) is 11.8. The van der Waals surface area contributed by atoms with Crippen LogP contribution in [0, 0.1) is 0 Å². The normalized spacial score (nSPS) is 17.8. The molecule has 1 aliphatic rings. The largest absolute Gasteiger partial charge is 0.394 e. The molecule has 18 heavy (non-hydrogen) atoms. The molecule has 2 rings (SSSR count). The van der Waals surface area contributed by atoms with Crippen molar-refractivity contribution in [1.82, 2.24) is 9.78 Å². The smallest absolute Gasteiger partial charge is 0.147 e. The van der Waals surface area contributed by atoms with E-state index in [1.165, 1.54) is 19.3 Å². The van der Waals surface area contributed by atoms with E-state index in [1.807, 2.05) is 23.5 Å². The second-order valence-electron chi connectivity index (χ2n) is 5.52. The van der Waals surface area contributed by atoms with E-state index in [1.54, 1.807) is 0 Å². The van der Waals surface area contributed by atoms with E-state index in [4.69, 9.17) is 5.73 Å².